The molecular formula is C13H21NO4. The van der Waals surface area contributed by atoms with Gasteiger partial charge in [0.15, 0.2) is 11.5 Å². The van der Waals surface area contributed by atoms with Gasteiger partial charge in [-0.3, -0.25) is 0 Å². The third-order valence-corrected chi connectivity index (χ3v) is 2.48. The highest BCUT2D eigenvalue weighted by atomic mass is 16.5. The lowest BCUT2D eigenvalue weighted by Gasteiger charge is -2.17. The molecule has 0 saturated carbocycles. The Morgan fingerprint density at radius 3 is 2.56 bits per heavy atom. The fraction of sp³-hybridized carbons (Fsp3) is 0.538. The molecule has 0 heterocycles. The monoisotopic (exact) mass is 255 g/mol. The number of benzene rings is 1. The Morgan fingerprint density at radius 2 is 1.94 bits per heavy atom. The second-order valence-corrected chi connectivity index (χ2v) is 4.11. The number of para-hydroxylation sites is 2. The van der Waals surface area contributed by atoms with Crippen molar-refractivity contribution in [1.82, 2.24) is 5.32 Å². The molecule has 1 aromatic rings. The van der Waals surface area contributed by atoms with Crippen molar-refractivity contribution in [3.05, 3.63) is 24.3 Å². The first kappa shape index (κ1) is 14.8. The number of hydrogen-bond donors (Lipinski definition) is 3. The van der Waals surface area contributed by atoms with Gasteiger partial charge in [0.1, 0.15) is 12.7 Å². The maximum absolute atomic E-state index is 9.71. The molecule has 2 unspecified atom stereocenters. The Bertz CT molecular complexity index is 346. The number of aliphatic hydroxyl groups excluding tert-OH is 2. The summed E-state index contributed by atoms with van der Waals surface area (Å²) in [6.07, 6.45) is -0.635. The maximum atomic E-state index is 9.71. The summed E-state index contributed by atoms with van der Waals surface area (Å²) in [5.41, 5.74) is 0. The minimum Gasteiger partial charge on any atom is -0.493 e. The van der Waals surface area contributed by atoms with Gasteiger partial charge in [0, 0.05) is 12.6 Å². The first-order valence-electron chi connectivity index (χ1n) is 5.95. The molecule has 102 valence electrons. The molecule has 0 spiro atoms. The number of rotatable bonds is 8. The molecule has 5 heteroatoms. The standard InChI is InChI=1S/C13H21NO4/c1-10(8-15)14-7-11(16)9-18-13-6-4-3-5-12(13)17-2/h3-6,10-11,14-16H,7-9H2,1-2H3. The molecule has 0 radical (unpaired) electrons. The Balaban J connectivity index is 2.35. The molecule has 5 nitrogen and oxygen atoms in total. The van der Waals surface area contributed by atoms with Gasteiger partial charge in [-0.25, -0.2) is 0 Å². The smallest absolute Gasteiger partial charge is 0.161 e. The van der Waals surface area contributed by atoms with Crippen molar-refractivity contribution >= 4 is 0 Å². The predicted octanol–water partition coefficient (Wildman–Crippen LogP) is 0.405. The fourth-order valence-corrected chi connectivity index (χ4v) is 1.38. The van der Waals surface area contributed by atoms with Crippen LogP contribution in [0.1, 0.15) is 6.92 Å². The average molecular weight is 255 g/mol. The van der Waals surface area contributed by atoms with Gasteiger partial charge < -0.3 is 25.0 Å². The normalized spacial score (nSPS) is 14.0. The van der Waals surface area contributed by atoms with Crippen molar-refractivity contribution in [2.45, 2.75) is 19.1 Å². The van der Waals surface area contributed by atoms with E-state index in [1.807, 2.05) is 19.1 Å². The molecule has 1 aromatic carbocycles. The molecule has 0 saturated heterocycles. The molecule has 1 rings (SSSR count). The molecule has 0 aliphatic heterocycles. The van der Waals surface area contributed by atoms with Gasteiger partial charge >= 0.3 is 0 Å². The van der Waals surface area contributed by atoms with Crippen LogP contribution in [0.3, 0.4) is 0 Å². The van der Waals surface area contributed by atoms with E-state index in [2.05, 4.69) is 5.32 Å². The van der Waals surface area contributed by atoms with Crippen LogP contribution >= 0.6 is 0 Å². The highest BCUT2D eigenvalue weighted by Crippen LogP contribution is 2.25. The van der Waals surface area contributed by atoms with Crippen LogP contribution < -0.4 is 14.8 Å². The third-order valence-electron chi connectivity index (χ3n) is 2.48. The van der Waals surface area contributed by atoms with Crippen LogP contribution in [0.5, 0.6) is 11.5 Å². The van der Waals surface area contributed by atoms with Crippen molar-refractivity contribution in [3.8, 4) is 11.5 Å². The zero-order valence-electron chi connectivity index (χ0n) is 10.8. The molecule has 0 amide bonds. The second-order valence-electron chi connectivity index (χ2n) is 4.11. The molecule has 18 heavy (non-hydrogen) atoms. The first-order chi connectivity index (χ1) is 8.67. The number of hydrogen-bond acceptors (Lipinski definition) is 5. The van der Waals surface area contributed by atoms with Crippen LogP contribution in [0.15, 0.2) is 24.3 Å². The quantitative estimate of drug-likeness (QED) is 0.627. The molecule has 0 aliphatic rings. The third kappa shape index (κ3) is 4.91. The van der Waals surface area contributed by atoms with E-state index in [1.165, 1.54) is 0 Å². The van der Waals surface area contributed by atoms with Crippen LogP contribution in [-0.2, 0) is 0 Å². The van der Waals surface area contributed by atoms with E-state index in [9.17, 15) is 5.11 Å². The van der Waals surface area contributed by atoms with E-state index in [0.717, 1.165) is 0 Å². The van der Waals surface area contributed by atoms with Crippen LogP contribution in [0, 0.1) is 0 Å². The SMILES string of the molecule is COc1ccccc1OCC(O)CNC(C)CO. The van der Waals surface area contributed by atoms with Gasteiger partial charge in [-0.15, -0.1) is 0 Å². The highest BCUT2D eigenvalue weighted by molar-refractivity contribution is 5.39. The molecular weight excluding hydrogens is 234 g/mol. The summed E-state index contributed by atoms with van der Waals surface area (Å²) in [4.78, 5) is 0. The molecule has 0 fully saturated rings. The zero-order valence-corrected chi connectivity index (χ0v) is 10.8. The number of methoxy groups -OCH3 is 1. The largest absolute Gasteiger partial charge is 0.493 e. The molecule has 3 N–H and O–H groups in total. The van der Waals surface area contributed by atoms with Gasteiger partial charge in [-0.2, -0.15) is 0 Å². The summed E-state index contributed by atoms with van der Waals surface area (Å²) < 4.78 is 10.6. The predicted molar refractivity (Wildman–Crippen MR) is 69.0 cm³/mol. The van der Waals surface area contributed by atoms with Gasteiger partial charge in [0.25, 0.3) is 0 Å². The first-order valence-corrected chi connectivity index (χ1v) is 5.95. The van der Waals surface area contributed by atoms with Crippen molar-refractivity contribution in [2.75, 3.05) is 26.9 Å². The maximum Gasteiger partial charge on any atom is 0.161 e. The lowest BCUT2D eigenvalue weighted by Crippen LogP contribution is -2.38. The van der Waals surface area contributed by atoms with Gasteiger partial charge in [-0.05, 0) is 19.1 Å². The van der Waals surface area contributed by atoms with Crippen LogP contribution in [0.25, 0.3) is 0 Å². The summed E-state index contributed by atoms with van der Waals surface area (Å²) in [5, 5.41) is 21.5. The van der Waals surface area contributed by atoms with Crippen molar-refractivity contribution < 1.29 is 19.7 Å². The zero-order chi connectivity index (χ0) is 13.4. The minimum absolute atomic E-state index is 0.0362. The number of aliphatic hydroxyl groups is 2. The number of nitrogens with one attached hydrogen (secondary N) is 1. The van der Waals surface area contributed by atoms with E-state index >= 15 is 0 Å². The fourth-order valence-electron chi connectivity index (χ4n) is 1.38. The lowest BCUT2D eigenvalue weighted by atomic mass is 10.3. The second kappa shape index (κ2) is 7.92. The highest BCUT2D eigenvalue weighted by Gasteiger charge is 2.09. The lowest BCUT2D eigenvalue weighted by molar-refractivity contribution is 0.0992. The van der Waals surface area contributed by atoms with Gasteiger partial charge in [0.2, 0.25) is 0 Å². The average Bonchev–Trinajstić information content (AvgIpc) is 2.42. The summed E-state index contributed by atoms with van der Waals surface area (Å²) in [7, 11) is 1.57. The molecule has 0 aliphatic carbocycles. The molecule has 0 aromatic heterocycles. The van der Waals surface area contributed by atoms with Crippen molar-refractivity contribution in [1.29, 1.82) is 0 Å². The topological polar surface area (TPSA) is 71.0 Å². The van der Waals surface area contributed by atoms with E-state index in [-0.39, 0.29) is 19.3 Å². The van der Waals surface area contributed by atoms with Crippen molar-refractivity contribution in [2.24, 2.45) is 0 Å². The summed E-state index contributed by atoms with van der Waals surface area (Å²) >= 11 is 0. The minimum atomic E-state index is -0.635. The summed E-state index contributed by atoms with van der Waals surface area (Å²) in [5.74, 6) is 1.25. The molecule has 0 bridgehead atoms. The van der Waals surface area contributed by atoms with Crippen molar-refractivity contribution in [3.63, 3.8) is 0 Å². The van der Waals surface area contributed by atoms with Crippen LogP contribution in [-0.4, -0.2) is 49.2 Å². The Morgan fingerprint density at radius 1 is 1.28 bits per heavy atom. The Kier molecular flexibility index (Phi) is 6.49. The summed E-state index contributed by atoms with van der Waals surface area (Å²) in [6.45, 7) is 2.43. The Labute approximate surface area is 107 Å². The van der Waals surface area contributed by atoms with Gasteiger partial charge in [0.05, 0.1) is 13.7 Å². The van der Waals surface area contributed by atoms with E-state index < -0.39 is 6.10 Å². The Hall–Kier alpha value is -1.30. The van der Waals surface area contributed by atoms with E-state index in [1.54, 1.807) is 19.2 Å². The molecule has 2 atom stereocenters. The van der Waals surface area contributed by atoms with Crippen LogP contribution in [0.4, 0.5) is 0 Å². The van der Waals surface area contributed by atoms with E-state index in [4.69, 9.17) is 14.6 Å². The van der Waals surface area contributed by atoms with Crippen LogP contribution in [0.2, 0.25) is 0 Å². The van der Waals surface area contributed by atoms with Gasteiger partial charge in [-0.1, -0.05) is 12.1 Å². The number of ether oxygens (including phenoxy) is 2. The summed E-state index contributed by atoms with van der Waals surface area (Å²) in [6, 6.07) is 7.25. The van der Waals surface area contributed by atoms with E-state index in [0.29, 0.717) is 18.0 Å².